The molecule has 134 valence electrons. The van der Waals surface area contributed by atoms with E-state index in [0.29, 0.717) is 28.6 Å². The lowest BCUT2D eigenvalue weighted by molar-refractivity contribution is 0.102. The summed E-state index contributed by atoms with van der Waals surface area (Å²) < 4.78 is 0. The molecule has 0 bridgehead atoms. The second-order valence-corrected chi connectivity index (χ2v) is 6.18. The summed E-state index contributed by atoms with van der Waals surface area (Å²) in [7, 11) is 0. The van der Waals surface area contributed by atoms with E-state index >= 15 is 0 Å². The predicted octanol–water partition coefficient (Wildman–Crippen LogP) is 3.91. The number of carbonyl (C=O) groups is 1. The van der Waals surface area contributed by atoms with Gasteiger partial charge in [0.25, 0.3) is 5.91 Å². The zero-order valence-electron chi connectivity index (χ0n) is 14.3. The second kappa shape index (κ2) is 8.79. The molecule has 6 nitrogen and oxygen atoms in total. The van der Waals surface area contributed by atoms with Gasteiger partial charge in [-0.2, -0.15) is 5.26 Å². The Hall–Kier alpha value is -3.43. The Kier molecular flexibility index (Phi) is 5.98. The lowest BCUT2D eigenvalue weighted by Gasteiger charge is -2.08. The molecule has 0 aliphatic heterocycles. The summed E-state index contributed by atoms with van der Waals surface area (Å²) in [4.78, 5) is 20.5. The molecule has 0 atom stereocenters. The first kappa shape index (κ1) is 18.4. The summed E-state index contributed by atoms with van der Waals surface area (Å²) >= 11 is 5.98. The summed E-state index contributed by atoms with van der Waals surface area (Å²) in [5.74, 6) is 0.188. The number of nitrogens with one attached hydrogen (secondary N) is 2. The summed E-state index contributed by atoms with van der Waals surface area (Å²) in [5.41, 5.74) is 2.35. The molecule has 1 heterocycles. The molecule has 0 radical (unpaired) electrons. The first-order valence-corrected chi connectivity index (χ1v) is 8.64. The number of anilines is 2. The average Bonchev–Trinajstić information content (AvgIpc) is 2.68. The second-order valence-electron chi connectivity index (χ2n) is 5.74. The zero-order valence-corrected chi connectivity index (χ0v) is 15.1. The van der Waals surface area contributed by atoms with Crippen LogP contribution in [-0.2, 0) is 6.42 Å². The van der Waals surface area contributed by atoms with Gasteiger partial charge in [-0.05, 0) is 42.3 Å². The largest absolute Gasteiger partial charge is 0.370 e. The number of nitrogens with zero attached hydrogens (tertiary/aromatic N) is 3. The summed E-state index contributed by atoms with van der Waals surface area (Å²) in [6.07, 6.45) is 2.11. The van der Waals surface area contributed by atoms with Gasteiger partial charge in [0.2, 0.25) is 0 Å². The smallest absolute Gasteiger partial charge is 0.274 e. The highest BCUT2D eigenvalue weighted by Gasteiger charge is 2.09. The SMILES string of the molecule is N#Cc1cccc(NC(=O)c2cc(NCCc3cccc(Cl)c3)ncn2)c1. The molecule has 3 aromatic rings. The predicted molar refractivity (Wildman–Crippen MR) is 105 cm³/mol. The number of benzene rings is 2. The highest BCUT2D eigenvalue weighted by Crippen LogP contribution is 2.13. The van der Waals surface area contributed by atoms with Crippen molar-refractivity contribution >= 4 is 29.0 Å². The fraction of sp³-hybridized carbons (Fsp3) is 0.100. The fourth-order valence-electron chi connectivity index (χ4n) is 2.47. The average molecular weight is 378 g/mol. The van der Waals surface area contributed by atoms with Crippen molar-refractivity contribution < 1.29 is 4.79 Å². The molecule has 0 aliphatic carbocycles. The summed E-state index contributed by atoms with van der Waals surface area (Å²) in [6.45, 7) is 0.641. The van der Waals surface area contributed by atoms with Crippen molar-refractivity contribution in [2.45, 2.75) is 6.42 Å². The normalized spacial score (nSPS) is 10.1. The van der Waals surface area contributed by atoms with Gasteiger partial charge in [-0.25, -0.2) is 9.97 Å². The quantitative estimate of drug-likeness (QED) is 0.679. The number of halogens is 1. The van der Waals surface area contributed by atoms with Crippen LogP contribution in [0.2, 0.25) is 5.02 Å². The molecule has 2 aromatic carbocycles. The Bertz CT molecular complexity index is 999. The molecule has 0 fully saturated rings. The Morgan fingerprint density at radius 1 is 1.11 bits per heavy atom. The molecular weight excluding hydrogens is 362 g/mol. The molecule has 7 heteroatoms. The lowest BCUT2D eigenvalue weighted by atomic mass is 10.1. The van der Waals surface area contributed by atoms with Crippen molar-refractivity contribution in [3.63, 3.8) is 0 Å². The number of hydrogen-bond acceptors (Lipinski definition) is 5. The van der Waals surface area contributed by atoms with Gasteiger partial charge in [0.1, 0.15) is 17.8 Å². The van der Waals surface area contributed by atoms with Crippen LogP contribution >= 0.6 is 11.6 Å². The maximum atomic E-state index is 12.4. The highest BCUT2D eigenvalue weighted by atomic mass is 35.5. The van der Waals surface area contributed by atoms with Crippen molar-refractivity contribution in [1.82, 2.24) is 9.97 Å². The summed E-state index contributed by atoms with van der Waals surface area (Å²) in [5, 5.41) is 15.5. The number of nitriles is 1. The highest BCUT2D eigenvalue weighted by molar-refractivity contribution is 6.30. The Labute approximate surface area is 161 Å². The molecule has 27 heavy (non-hydrogen) atoms. The number of rotatable bonds is 6. The molecule has 0 spiro atoms. The van der Waals surface area contributed by atoms with E-state index in [-0.39, 0.29) is 11.6 Å². The molecule has 0 saturated heterocycles. The minimum absolute atomic E-state index is 0.234. The van der Waals surface area contributed by atoms with Crippen LogP contribution in [0.1, 0.15) is 21.6 Å². The third-order valence-corrected chi connectivity index (χ3v) is 3.99. The van der Waals surface area contributed by atoms with E-state index in [0.717, 1.165) is 12.0 Å². The van der Waals surface area contributed by atoms with Crippen LogP contribution in [0.25, 0.3) is 0 Å². The monoisotopic (exact) mass is 377 g/mol. The number of aromatic nitrogens is 2. The van der Waals surface area contributed by atoms with E-state index < -0.39 is 0 Å². The van der Waals surface area contributed by atoms with Crippen LogP contribution < -0.4 is 10.6 Å². The Morgan fingerprint density at radius 3 is 2.78 bits per heavy atom. The third-order valence-electron chi connectivity index (χ3n) is 3.76. The van der Waals surface area contributed by atoms with Gasteiger partial charge >= 0.3 is 0 Å². The van der Waals surface area contributed by atoms with Crippen LogP contribution in [0.3, 0.4) is 0 Å². The Balaban J connectivity index is 1.60. The van der Waals surface area contributed by atoms with Gasteiger partial charge in [0.15, 0.2) is 0 Å². The van der Waals surface area contributed by atoms with Crippen molar-refractivity contribution in [3.8, 4) is 6.07 Å². The van der Waals surface area contributed by atoms with Gasteiger partial charge in [0, 0.05) is 23.3 Å². The first-order chi connectivity index (χ1) is 13.1. The topological polar surface area (TPSA) is 90.7 Å². The van der Waals surface area contributed by atoms with Gasteiger partial charge in [-0.3, -0.25) is 4.79 Å². The van der Waals surface area contributed by atoms with E-state index in [2.05, 4.69) is 20.6 Å². The third kappa shape index (κ3) is 5.27. The van der Waals surface area contributed by atoms with Gasteiger partial charge < -0.3 is 10.6 Å². The Morgan fingerprint density at radius 2 is 1.96 bits per heavy atom. The van der Waals surface area contributed by atoms with Gasteiger partial charge in [0.05, 0.1) is 11.6 Å². The number of carbonyl (C=O) groups excluding carboxylic acids is 1. The van der Waals surface area contributed by atoms with Crippen molar-refractivity contribution in [1.29, 1.82) is 5.26 Å². The molecule has 0 unspecified atom stereocenters. The fourth-order valence-corrected chi connectivity index (χ4v) is 2.68. The molecule has 2 N–H and O–H groups in total. The molecule has 1 amide bonds. The van der Waals surface area contributed by atoms with E-state index in [1.807, 2.05) is 30.3 Å². The minimum Gasteiger partial charge on any atom is -0.370 e. The van der Waals surface area contributed by atoms with Crippen LogP contribution in [0.15, 0.2) is 60.9 Å². The molecule has 0 aliphatic rings. The minimum atomic E-state index is -0.370. The van der Waals surface area contributed by atoms with Crippen molar-refractivity contribution in [2.75, 3.05) is 17.2 Å². The number of amides is 1. The van der Waals surface area contributed by atoms with E-state index in [9.17, 15) is 4.79 Å². The first-order valence-electron chi connectivity index (χ1n) is 8.26. The van der Waals surface area contributed by atoms with E-state index in [4.69, 9.17) is 16.9 Å². The molecule has 3 rings (SSSR count). The zero-order chi connectivity index (χ0) is 19.1. The van der Waals surface area contributed by atoms with Gasteiger partial charge in [-0.1, -0.05) is 29.8 Å². The summed E-state index contributed by atoms with van der Waals surface area (Å²) in [6, 6.07) is 18.0. The molecule has 1 aromatic heterocycles. The van der Waals surface area contributed by atoms with Crippen LogP contribution in [0.5, 0.6) is 0 Å². The number of hydrogen-bond donors (Lipinski definition) is 2. The van der Waals surface area contributed by atoms with Gasteiger partial charge in [-0.15, -0.1) is 0 Å². The lowest BCUT2D eigenvalue weighted by Crippen LogP contribution is -2.15. The maximum Gasteiger partial charge on any atom is 0.274 e. The van der Waals surface area contributed by atoms with E-state index in [1.165, 1.54) is 6.33 Å². The van der Waals surface area contributed by atoms with Crippen LogP contribution in [0, 0.1) is 11.3 Å². The maximum absolute atomic E-state index is 12.4. The van der Waals surface area contributed by atoms with Crippen molar-refractivity contribution in [3.05, 3.63) is 82.8 Å². The van der Waals surface area contributed by atoms with Crippen LogP contribution in [0.4, 0.5) is 11.5 Å². The van der Waals surface area contributed by atoms with Crippen molar-refractivity contribution in [2.24, 2.45) is 0 Å². The standard InChI is InChI=1S/C20H16ClN5O/c21-16-5-1-3-14(9-16)7-8-23-19-11-18(24-13-25-19)20(27)26-17-6-2-4-15(10-17)12-22/h1-6,9-11,13H,7-8H2,(H,26,27)(H,23,24,25). The van der Waals surface area contributed by atoms with Crippen LogP contribution in [-0.4, -0.2) is 22.4 Å². The molecule has 0 saturated carbocycles. The van der Waals surface area contributed by atoms with E-state index in [1.54, 1.807) is 30.3 Å². The molecular formula is C20H16ClN5O.